The largest absolute Gasteiger partial charge is 0.218 e. The summed E-state index contributed by atoms with van der Waals surface area (Å²) in [6.07, 6.45) is 1.20. The molecule has 0 aromatic heterocycles. The van der Waals surface area contributed by atoms with Crippen LogP contribution in [0.25, 0.3) is 5.57 Å². The number of hydrogen-bond donors (Lipinski definition) is 0. The zero-order chi connectivity index (χ0) is 16.8. The van der Waals surface area contributed by atoms with Gasteiger partial charge in [0.1, 0.15) is 0 Å². The molecule has 2 rings (SSSR count). The first-order chi connectivity index (χ1) is 9.98. The van der Waals surface area contributed by atoms with Crippen LogP contribution in [0.1, 0.15) is 33.3 Å². The van der Waals surface area contributed by atoms with E-state index in [1.54, 1.807) is 0 Å². The van der Waals surface area contributed by atoms with Gasteiger partial charge in [-0.05, 0) is 55.2 Å². The predicted octanol–water partition coefficient (Wildman–Crippen LogP) is 3.35. The molecule has 0 saturated carbocycles. The first-order valence-corrected chi connectivity index (χ1v) is 10.5. The average Bonchev–Trinajstić information content (AvgIpc) is 2.54. The first-order valence-electron chi connectivity index (χ1n) is 7.09. The van der Waals surface area contributed by atoms with E-state index in [-0.39, 0.29) is 0 Å². The molecule has 1 heterocycles. The summed E-state index contributed by atoms with van der Waals surface area (Å²) in [6.45, 7) is 7.50. The Morgan fingerprint density at radius 1 is 1.05 bits per heavy atom. The van der Waals surface area contributed by atoms with E-state index in [1.165, 1.54) is 6.26 Å². The molecule has 1 radical (unpaired) electrons. The highest BCUT2D eigenvalue weighted by atomic mass is 33.1. The van der Waals surface area contributed by atoms with E-state index in [2.05, 4.69) is 0 Å². The molecule has 0 fully saturated rings. The van der Waals surface area contributed by atoms with E-state index >= 15 is 0 Å². The molecule has 1 aliphatic rings. The maximum absolute atomic E-state index is 12.8. The minimum Gasteiger partial charge on any atom is -0.218 e. The van der Waals surface area contributed by atoms with Crippen LogP contribution in [0.2, 0.25) is 0 Å². The molecule has 0 saturated heterocycles. The van der Waals surface area contributed by atoms with Gasteiger partial charge in [-0.25, -0.2) is 8.42 Å². The number of benzene rings is 1. The summed E-state index contributed by atoms with van der Waals surface area (Å²) in [5.74, 6) is 0.304. The molecule has 0 N–H and O–H groups in total. The molecule has 1 aromatic rings. The van der Waals surface area contributed by atoms with E-state index in [1.807, 2.05) is 58.0 Å². The van der Waals surface area contributed by atoms with Crippen molar-refractivity contribution >= 4 is 25.2 Å². The molecule has 0 atom stereocenters. The van der Waals surface area contributed by atoms with Gasteiger partial charge in [0, 0.05) is 12.0 Å². The summed E-state index contributed by atoms with van der Waals surface area (Å²) in [5, 5.41) is 13.9. The molecule has 0 amide bonds. The molecule has 0 bridgehead atoms. The van der Waals surface area contributed by atoms with Crippen LogP contribution in [0.5, 0.6) is 0 Å². The van der Waals surface area contributed by atoms with E-state index in [4.69, 9.17) is 0 Å². The van der Waals surface area contributed by atoms with Gasteiger partial charge in [0.2, 0.25) is 0 Å². The van der Waals surface area contributed by atoms with Crippen LogP contribution in [0.15, 0.2) is 35.9 Å². The zero-order valence-corrected chi connectivity index (χ0v) is 15.2. The van der Waals surface area contributed by atoms with Crippen LogP contribution in [0, 0.1) is 0 Å². The summed E-state index contributed by atoms with van der Waals surface area (Å²) >= 11 is 0. The summed E-state index contributed by atoms with van der Waals surface area (Å²) in [7, 11) is -2.28. The summed E-state index contributed by atoms with van der Waals surface area (Å²) in [6, 6.07) is 9.73. The fraction of sp³-hybridized carbons (Fsp3) is 0.500. The maximum Gasteiger partial charge on any atom is 0.199 e. The van der Waals surface area contributed by atoms with Crippen molar-refractivity contribution in [3.8, 4) is 0 Å². The van der Waals surface area contributed by atoms with Crippen LogP contribution in [0.4, 0.5) is 0 Å². The van der Waals surface area contributed by atoms with Crippen molar-refractivity contribution in [3.63, 3.8) is 0 Å². The second kappa shape index (κ2) is 5.67. The Balaban J connectivity index is 2.60. The maximum atomic E-state index is 12.8. The number of nitrogens with zero attached hydrogens (tertiary/aromatic N) is 1. The third-order valence-electron chi connectivity index (χ3n) is 4.15. The molecule has 0 spiro atoms. The van der Waals surface area contributed by atoms with Gasteiger partial charge >= 0.3 is 0 Å². The first kappa shape index (κ1) is 17.5. The Labute approximate surface area is 136 Å². The van der Waals surface area contributed by atoms with Crippen molar-refractivity contribution < 1.29 is 13.6 Å². The van der Waals surface area contributed by atoms with E-state index < -0.39 is 19.9 Å². The Bertz CT molecular complexity index is 691. The Morgan fingerprint density at radius 3 is 2.09 bits per heavy atom. The van der Waals surface area contributed by atoms with Gasteiger partial charge < -0.3 is 0 Å². The van der Waals surface area contributed by atoms with Gasteiger partial charge in [0.05, 0.1) is 11.1 Å². The highest BCUT2D eigenvalue weighted by Gasteiger charge is 2.51. The summed E-state index contributed by atoms with van der Waals surface area (Å²) < 4.78 is 23.1. The van der Waals surface area contributed by atoms with Gasteiger partial charge in [-0.3, -0.25) is 0 Å². The molecule has 121 valence electrons. The normalized spacial score (nSPS) is 21.4. The highest BCUT2D eigenvalue weighted by molar-refractivity contribution is 8.71. The predicted molar refractivity (Wildman–Crippen MR) is 91.3 cm³/mol. The Hall–Kier alpha value is -0.820. The second-order valence-corrected chi connectivity index (χ2v) is 11.1. The lowest BCUT2D eigenvalue weighted by Crippen LogP contribution is -2.47. The van der Waals surface area contributed by atoms with Crippen LogP contribution >= 0.6 is 10.8 Å². The van der Waals surface area contributed by atoms with Gasteiger partial charge in [0.25, 0.3) is 0 Å². The van der Waals surface area contributed by atoms with Gasteiger partial charge in [-0.2, -0.15) is 0 Å². The van der Waals surface area contributed by atoms with Crippen molar-refractivity contribution in [1.82, 2.24) is 5.06 Å². The minimum absolute atomic E-state index is 0.304. The monoisotopic (exact) mass is 340 g/mol. The quantitative estimate of drug-likeness (QED) is 0.789. The molecule has 22 heavy (non-hydrogen) atoms. The van der Waals surface area contributed by atoms with Crippen molar-refractivity contribution in [3.05, 3.63) is 41.5 Å². The lowest BCUT2D eigenvalue weighted by atomic mass is 9.86. The zero-order valence-electron chi connectivity index (χ0n) is 13.6. The lowest BCUT2D eigenvalue weighted by molar-refractivity contribution is -0.236. The van der Waals surface area contributed by atoms with Crippen LogP contribution < -0.4 is 0 Å². The average molecular weight is 340 g/mol. The standard InChI is InChI=1S/C16H22NO3S2/c1-15(2)13(11-21-22(5,19)20)14(16(3,4)17(15)18)12-9-7-6-8-10-12/h6-10H,11H2,1-5H3. The highest BCUT2D eigenvalue weighted by Crippen LogP contribution is 2.49. The molecular formula is C16H22NO3S2. The van der Waals surface area contributed by atoms with E-state index in [9.17, 15) is 13.6 Å². The fourth-order valence-corrected chi connectivity index (χ4v) is 4.97. The van der Waals surface area contributed by atoms with Crippen LogP contribution in [0.3, 0.4) is 0 Å². The van der Waals surface area contributed by atoms with Crippen molar-refractivity contribution in [2.75, 3.05) is 12.0 Å². The Kier molecular flexibility index (Phi) is 4.52. The topological polar surface area (TPSA) is 57.3 Å². The molecular weight excluding hydrogens is 318 g/mol. The molecule has 1 aromatic carbocycles. The van der Waals surface area contributed by atoms with Gasteiger partial charge in [-0.15, -0.1) is 10.3 Å². The number of rotatable bonds is 4. The minimum atomic E-state index is -3.16. The smallest absolute Gasteiger partial charge is 0.199 e. The molecule has 6 heteroatoms. The van der Waals surface area contributed by atoms with Crippen LogP contribution in [-0.4, -0.2) is 36.6 Å². The molecule has 4 nitrogen and oxygen atoms in total. The number of hydroxylamine groups is 2. The van der Waals surface area contributed by atoms with E-state index in [0.717, 1.165) is 32.6 Å². The van der Waals surface area contributed by atoms with Crippen molar-refractivity contribution in [2.24, 2.45) is 0 Å². The number of hydrogen-bond acceptors (Lipinski definition) is 4. The summed E-state index contributed by atoms with van der Waals surface area (Å²) in [5.41, 5.74) is 1.37. The third-order valence-corrected chi connectivity index (χ3v) is 6.62. The van der Waals surface area contributed by atoms with Gasteiger partial charge in [-0.1, -0.05) is 30.3 Å². The second-order valence-electron chi connectivity index (χ2n) is 6.60. The lowest BCUT2D eigenvalue weighted by Gasteiger charge is -2.34. The van der Waals surface area contributed by atoms with E-state index in [0.29, 0.717) is 5.75 Å². The van der Waals surface area contributed by atoms with Crippen LogP contribution in [-0.2, 0) is 14.1 Å². The fourth-order valence-electron chi connectivity index (χ4n) is 3.15. The third kappa shape index (κ3) is 3.11. The van der Waals surface area contributed by atoms with Crippen molar-refractivity contribution in [2.45, 2.75) is 38.8 Å². The molecule has 1 aliphatic heterocycles. The van der Waals surface area contributed by atoms with Crippen molar-refractivity contribution in [1.29, 1.82) is 0 Å². The SMILES string of the molecule is CC1(C)C(CSS(C)(=O)=O)=C(c2ccccc2)C(C)(C)N1[O]. The molecule has 0 unspecified atom stereocenters. The Morgan fingerprint density at radius 2 is 1.59 bits per heavy atom. The molecule has 0 aliphatic carbocycles. The summed E-state index contributed by atoms with van der Waals surface area (Å²) in [4.78, 5) is 0. The van der Waals surface area contributed by atoms with Gasteiger partial charge in [0.15, 0.2) is 8.87 Å².